The van der Waals surface area contributed by atoms with Gasteiger partial charge in [0.05, 0.1) is 0 Å². The first-order valence-corrected chi connectivity index (χ1v) is 16.2. The summed E-state index contributed by atoms with van der Waals surface area (Å²) in [6.07, 6.45) is 0. The molecule has 1 heterocycles. The Morgan fingerprint density at radius 2 is 0.915 bits per heavy atom. The summed E-state index contributed by atoms with van der Waals surface area (Å²) in [4.78, 5) is 2.30. The molecule has 47 heavy (non-hydrogen) atoms. The van der Waals surface area contributed by atoms with Crippen LogP contribution in [0.5, 0.6) is 0 Å². The molecular weight excluding hydrogens is 571 g/mol. The van der Waals surface area contributed by atoms with Gasteiger partial charge in [-0.05, 0) is 93.0 Å². The molecule has 7 aromatic carbocycles. The van der Waals surface area contributed by atoms with Gasteiger partial charge in [-0.3, -0.25) is 0 Å². The summed E-state index contributed by atoms with van der Waals surface area (Å²) in [5.74, 6) is 1.03. The van der Waals surface area contributed by atoms with Gasteiger partial charge in [0, 0.05) is 28.0 Å². The Bertz CT molecular complexity index is 2370. The van der Waals surface area contributed by atoms with Gasteiger partial charge in [-0.2, -0.15) is 0 Å². The van der Waals surface area contributed by atoms with Gasteiger partial charge in [-0.1, -0.05) is 127 Å². The highest BCUT2D eigenvalue weighted by Gasteiger charge is 2.54. The molecule has 0 unspecified atom stereocenters. The molecule has 0 saturated heterocycles. The lowest BCUT2D eigenvalue weighted by Gasteiger charge is -2.28. The zero-order valence-electron chi connectivity index (χ0n) is 25.6. The van der Waals surface area contributed by atoms with E-state index in [-0.39, 0.29) is 0 Å². The van der Waals surface area contributed by atoms with Gasteiger partial charge >= 0.3 is 0 Å². The molecule has 0 radical (unpaired) electrons. The van der Waals surface area contributed by atoms with Gasteiger partial charge < -0.3 is 9.32 Å². The van der Waals surface area contributed by atoms with Gasteiger partial charge in [0.15, 0.2) is 0 Å². The molecule has 10 rings (SSSR count). The van der Waals surface area contributed by atoms with Crippen LogP contribution in [0.3, 0.4) is 0 Å². The number of nitrogens with zero attached hydrogens (tertiary/aromatic N) is 1. The molecule has 0 amide bonds. The van der Waals surface area contributed by atoms with Crippen LogP contribution in [-0.4, -0.2) is 0 Å². The molecule has 2 aliphatic carbocycles. The van der Waals surface area contributed by atoms with Crippen molar-refractivity contribution < 1.29 is 4.42 Å². The van der Waals surface area contributed by atoms with E-state index in [1.807, 2.05) is 0 Å². The lowest BCUT2D eigenvalue weighted by atomic mass is 9.73. The Hall–Kier alpha value is -6.12. The average Bonchev–Trinajstić information content (AvgIpc) is 3.76. The monoisotopic (exact) mass is 599 g/mol. The molecule has 8 aromatic rings. The van der Waals surface area contributed by atoms with Gasteiger partial charge in [0.25, 0.3) is 0 Å². The number of para-hydroxylation sites is 3. The van der Waals surface area contributed by atoms with Crippen molar-refractivity contribution in [3.05, 3.63) is 198 Å². The summed E-state index contributed by atoms with van der Waals surface area (Å²) in [5.41, 5.74) is 15.1. The molecule has 0 saturated carbocycles. The first kappa shape index (κ1) is 26.1. The number of benzene rings is 7. The van der Waals surface area contributed by atoms with Crippen molar-refractivity contribution >= 4 is 28.0 Å². The fraction of sp³-hybridized carbons (Fsp3) is 0.0222. The Labute approximate surface area is 273 Å². The molecular formula is C45H29NO. The number of anilines is 3. The number of hydrogen-bond donors (Lipinski definition) is 0. The average molecular weight is 600 g/mol. The van der Waals surface area contributed by atoms with E-state index in [0.29, 0.717) is 0 Å². The second-order valence-electron chi connectivity index (χ2n) is 12.5. The summed E-state index contributed by atoms with van der Waals surface area (Å²) in [6.45, 7) is 0. The summed E-state index contributed by atoms with van der Waals surface area (Å²) >= 11 is 0. The highest BCUT2D eigenvalue weighted by molar-refractivity contribution is 6.05. The highest BCUT2D eigenvalue weighted by Crippen LogP contribution is 2.64. The molecule has 1 spiro atoms. The van der Waals surface area contributed by atoms with Crippen molar-refractivity contribution in [3.63, 3.8) is 0 Å². The largest absolute Gasteiger partial charge is 0.459 e. The molecule has 2 nitrogen and oxygen atoms in total. The zero-order valence-corrected chi connectivity index (χ0v) is 25.6. The predicted molar refractivity (Wildman–Crippen MR) is 193 cm³/mol. The molecule has 2 aliphatic rings. The summed E-state index contributed by atoms with van der Waals surface area (Å²) < 4.78 is 6.91. The Morgan fingerprint density at radius 3 is 1.57 bits per heavy atom. The smallest absolute Gasteiger partial charge is 0.135 e. The maximum atomic E-state index is 6.91. The zero-order chi connectivity index (χ0) is 31.0. The van der Waals surface area contributed by atoms with Crippen LogP contribution in [0.2, 0.25) is 0 Å². The molecule has 0 aliphatic heterocycles. The maximum Gasteiger partial charge on any atom is 0.135 e. The van der Waals surface area contributed by atoms with Crippen molar-refractivity contribution in [1.82, 2.24) is 0 Å². The van der Waals surface area contributed by atoms with Crippen molar-refractivity contribution in [1.29, 1.82) is 0 Å². The lowest BCUT2D eigenvalue weighted by Crippen LogP contribution is -2.25. The van der Waals surface area contributed by atoms with E-state index in [1.165, 1.54) is 50.1 Å². The summed E-state index contributed by atoms with van der Waals surface area (Å²) in [7, 11) is 0. The van der Waals surface area contributed by atoms with Gasteiger partial charge in [-0.15, -0.1) is 0 Å². The fourth-order valence-corrected chi connectivity index (χ4v) is 8.13. The van der Waals surface area contributed by atoms with Crippen LogP contribution in [0, 0.1) is 0 Å². The number of fused-ring (bicyclic) bond motifs is 12. The van der Waals surface area contributed by atoms with Crippen molar-refractivity contribution in [2.45, 2.75) is 5.41 Å². The van der Waals surface area contributed by atoms with Crippen molar-refractivity contribution in [3.8, 4) is 33.4 Å². The normalized spacial score (nSPS) is 13.3. The van der Waals surface area contributed by atoms with Crippen LogP contribution >= 0.6 is 0 Å². The van der Waals surface area contributed by atoms with E-state index in [0.717, 1.165) is 33.8 Å². The van der Waals surface area contributed by atoms with Crippen LogP contribution in [0.4, 0.5) is 17.1 Å². The third kappa shape index (κ3) is 3.61. The van der Waals surface area contributed by atoms with Crippen molar-refractivity contribution in [2.24, 2.45) is 0 Å². The molecule has 0 bridgehead atoms. The topological polar surface area (TPSA) is 16.4 Å². The van der Waals surface area contributed by atoms with Crippen LogP contribution in [-0.2, 0) is 5.41 Å². The Morgan fingerprint density at radius 1 is 0.404 bits per heavy atom. The SMILES string of the molecule is c1ccc(N(c2ccccc2)c2ccc(-c3ccc4c(c3)-c3c(oc5ccccc35)C43c4ccccc4-c4ccccc43)cc2)cc1. The van der Waals surface area contributed by atoms with E-state index in [4.69, 9.17) is 4.42 Å². The second-order valence-corrected chi connectivity index (χ2v) is 12.5. The molecule has 0 atom stereocenters. The number of furan rings is 1. The minimum atomic E-state index is -0.495. The minimum absolute atomic E-state index is 0.495. The van der Waals surface area contributed by atoms with E-state index in [9.17, 15) is 0 Å². The third-order valence-electron chi connectivity index (χ3n) is 10.1. The summed E-state index contributed by atoms with van der Waals surface area (Å²) in [5, 5.41) is 1.16. The second kappa shape index (κ2) is 9.94. The van der Waals surface area contributed by atoms with E-state index >= 15 is 0 Å². The van der Waals surface area contributed by atoms with Crippen LogP contribution < -0.4 is 4.90 Å². The van der Waals surface area contributed by atoms with E-state index < -0.39 is 5.41 Å². The lowest BCUT2D eigenvalue weighted by molar-refractivity contribution is 0.507. The van der Waals surface area contributed by atoms with Gasteiger partial charge in [0.1, 0.15) is 16.8 Å². The molecule has 220 valence electrons. The van der Waals surface area contributed by atoms with Crippen molar-refractivity contribution in [2.75, 3.05) is 4.90 Å². The van der Waals surface area contributed by atoms with Gasteiger partial charge in [-0.25, -0.2) is 0 Å². The first-order valence-electron chi connectivity index (χ1n) is 16.2. The molecule has 0 fully saturated rings. The minimum Gasteiger partial charge on any atom is -0.459 e. The highest BCUT2D eigenvalue weighted by atomic mass is 16.3. The van der Waals surface area contributed by atoms with Gasteiger partial charge in [0.2, 0.25) is 0 Å². The Balaban J connectivity index is 1.16. The third-order valence-corrected chi connectivity index (χ3v) is 10.1. The molecule has 0 N–H and O–H groups in total. The molecule has 2 heteroatoms. The Kier molecular flexibility index (Phi) is 5.53. The van der Waals surface area contributed by atoms with Crippen LogP contribution in [0.25, 0.3) is 44.3 Å². The van der Waals surface area contributed by atoms with Crippen LogP contribution in [0.1, 0.15) is 22.5 Å². The van der Waals surface area contributed by atoms with Crippen LogP contribution in [0.15, 0.2) is 180 Å². The first-order chi connectivity index (χ1) is 23.3. The standard InChI is InChI=1S/C45H29NO/c1-3-13-32(14-4-1)46(33-15-5-2-6-16-33)34-26-23-30(24-27-34)31-25-28-41-38(29-31)43-37-19-9-12-22-42(37)47-44(43)45(41)39-20-10-7-17-35(39)36-18-8-11-21-40(36)45/h1-29H. The number of hydrogen-bond acceptors (Lipinski definition) is 2. The van der Waals surface area contributed by atoms with E-state index in [2.05, 4.69) is 181 Å². The predicted octanol–water partition coefficient (Wildman–Crippen LogP) is 11.9. The number of rotatable bonds is 4. The molecule has 1 aromatic heterocycles. The van der Waals surface area contributed by atoms with E-state index in [1.54, 1.807) is 0 Å². The fourth-order valence-electron chi connectivity index (χ4n) is 8.13. The quantitative estimate of drug-likeness (QED) is 0.200. The maximum absolute atomic E-state index is 6.91. The summed E-state index contributed by atoms with van der Waals surface area (Å²) in [6, 6.07) is 63.3.